The van der Waals surface area contributed by atoms with Gasteiger partial charge < -0.3 is 20.7 Å². The zero-order valence-electron chi connectivity index (χ0n) is 11.8. The first-order valence-corrected chi connectivity index (χ1v) is 6.64. The van der Waals surface area contributed by atoms with Gasteiger partial charge in [0.05, 0.1) is 13.2 Å². The minimum absolute atomic E-state index is 0.118. The molecule has 1 aromatic carbocycles. The highest BCUT2D eigenvalue weighted by atomic mass is 16.5. The van der Waals surface area contributed by atoms with Crippen LogP contribution in [0.2, 0.25) is 0 Å². The van der Waals surface area contributed by atoms with Crippen LogP contribution in [0.3, 0.4) is 0 Å². The van der Waals surface area contributed by atoms with Gasteiger partial charge in [-0.25, -0.2) is 4.79 Å². The lowest BCUT2D eigenvalue weighted by molar-refractivity contribution is -0.120. The molecule has 114 valence electrons. The van der Waals surface area contributed by atoms with Crippen molar-refractivity contribution >= 4 is 17.9 Å². The average molecular weight is 293 g/mol. The molecule has 3 amide bonds. The van der Waals surface area contributed by atoms with Crippen molar-refractivity contribution in [1.29, 1.82) is 0 Å². The van der Waals surface area contributed by atoms with E-state index in [-0.39, 0.29) is 31.4 Å². The van der Waals surface area contributed by atoms with Crippen molar-refractivity contribution in [3.63, 3.8) is 0 Å². The average Bonchev–Trinajstić information content (AvgIpc) is 2.50. The van der Waals surface area contributed by atoms with Crippen molar-refractivity contribution in [3.05, 3.63) is 35.9 Å². The third kappa shape index (κ3) is 6.95. The zero-order chi connectivity index (χ0) is 15.5. The molecular weight excluding hydrogens is 274 g/mol. The van der Waals surface area contributed by atoms with Crippen molar-refractivity contribution < 1.29 is 19.1 Å². The summed E-state index contributed by atoms with van der Waals surface area (Å²) in [5.74, 6) is -0.639. The number of alkyl carbamates (subject to hydrolysis) is 1. The van der Waals surface area contributed by atoms with Crippen LogP contribution in [0, 0.1) is 0 Å². The smallest absolute Gasteiger partial charge is 0.407 e. The minimum atomic E-state index is -0.524. The predicted molar refractivity (Wildman–Crippen MR) is 76.8 cm³/mol. The number of benzene rings is 1. The van der Waals surface area contributed by atoms with Gasteiger partial charge in [-0.3, -0.25) is 9.59 Å². The Morgan fingerprint density at radius 1 is 1.00 bits per heavy atom. The number of nitrogens with one attached hydrogen (secondary N) is 3. The molecule has 1 rings (SSSR count). The number of hydrogen-bond acceptors (Lipinski definition) is 4. The highest BCUT2D eigenvalue weighted by Gasteiger charge is 2.07. The van der Waals surface area contributed by atoms with E-state index < -0.39 is 6.09 Å². The first-order chi connectivity index (χ1) is 10.1. The van der Waals surface area contributed by atoms with Gasteiger partial charge in [-0.15, -0.1) is 0 Å². The van der Waals surface area contributed by atoms with E-state index in [1.807, 2.05) is 0 Å². The SMILES string of the molecule is CCOC(=O)NCCNC(=O)CNC(=O)c1ccccc1. The van der Waals surface area contributed by atoms with Gasteiger partial charge in [-0.1, -0.05) is 18.2 Å². The highest BCUT2D eigenvalue weighted by molar-refractivity contribution is 5.96. The number of rotatable bonds is 7. The second kappa shape index (κ2) is 9.35. The van der Waals surface area contributed by atoms with E-state index in [2.05, 4.69) is 20.7 Å². The van der Waals surface area contributed by atoms with E-state index in [1.54, 1.807) is 37.3 Å². The van der Waals surface area contributed by atoms with E-state index in [0.29, 0.717) is 12.2 Å². The van der Waals surface area contributed by atoms with E-state index in [0.717, 1.165) is 0 Å². The molecule has 0 saturated heterocycles. The molecule has 21 heavy (non-hydrogen) atoms. The molecule has 0 atom stereocenters. The molecule has 0 aliphatic rings. The monoisotopic (exact) mass is 293 g/mol. The Balaban J connectivity index is 2.14. The summed E-state index contributed by atoms with van der Waals surface area (Å²) >= 11 is 0. The maximum Gasteiger partial charge on any atom is 0.407 e. The van der Waals surface area contributed by atoms with Gasteiger partial charge in [0, 0.05) is 18.7 Å². The van der Waals surface area contributed by atoms with Gasteiger partial charge in [-0.2, -0.15) is 0 Å². The summed E-state index contributed by atoms with van der Waals surface area (Å²) in [6.07, 6.45) is -0.524. The largest absolute Gasteiger partial charge is 0.450 e. The van der Waals surface area contributed by atoms with Gasteiger partial charge in [0.15, 0.2) is 0 Å². The van der Waals surface area contributed by atoms with E-state index in [4.69, 9.17) is 0 Å². The zero-order valence-corrected chi connectivity index (χ0v) is 11.8. The van der Waals surface area contributed by atoms with Gasteiger partial charge >= 0.3 is 6.09 Å². The second-order valence-corrected chi connectivity index (χ2v) is 4.05. The van der Waals surface area contributed by atoms with Gasteiger partial charge in [0.25, 0.3) is 5.91 Å². The van der Waals surface area contributed by atoms with Crippen LogP contribution in [0.4, 0.5) is 4.79 Å². The third-order valence-corrected chi connectivity index (χ3v) is 2.44. The number of carbonyl (C=O) groups is 3. The predicted octanol–water partition coefficient (Wildman–Crippen LogP) is 0.279. The molecule has 3 N–H and O–H groups in total. The Morgan fingerprint density at radius 3 is 2.33 bits per heavy atom. The normalized spacial score (nSPS) is 9.57. The van der Waals surface area contributed by atoms with Crippen molar-refractivity contribution in [2.45, 2.75) is 6.92 Å². The number of ether oxygens (including phenoxy) is 1. The fourth-order valence-corrected chi connectivity index (χ4v) is 1.46. The van der Waals surface area contributed by atoms with Gasteiger partial charge in [-0.05, 0) is 19.1 Å². The first kappa shape index (κ1) is 16.5. The fraction of sp³-hybridized carbons (Fsp3) is 0.357. The summed E-state index contributed by atoms with van der Waals surface area (Å²) in [5, 5.41) is 7.54. The molecule has 0 spiro atoms. The first-order valence-electron chi connectivity index (χ1n) is 6.64. The standard InChI is InChI=1S/C14H19N3O4/c1-2-21-14(20)16-9-8-15-12(18)10-17-13(19)11-6-4-3-5-7-11/h3-7H,2,8-10H2,1H3,(H,15,18)(H,16,20)(H,17,19). The van der Waals surface area contributed by atoms with Crippen LogP contribution in [0.15, 0.2) is 30.3 Å². The summed E-state index contributed by atoms with van der Waals surface area (Å²) in [6.45, 7) is 2.41. The molecule has 0 bridgehead atoms. The van der Waals surface area contributed by atoms with E-state index in [9.17, 15) is 14.4 Å². The fourth-order valence-electron chi connectivity index (χ4n) is 1.46. The molecule has 0 radical (unpaired) electrons. The van der Waals surface area contributed by atoms with Crippen LogP contribution in [0.25, 0.3) is 0 Å². The lowest BCUT2D eigenvalue weighted by Crippen LogP contribution is -2.40. The van der Waals surface area contributed by atoms with Gasteiger partial charge in [0.2, 0.25) is 5.91 Å². The van der Waals surface area contributed by atoms with E-state index in [1.165, 1.54) is 0 Å². The van der Waals surface area contributed by atoms with Crippen molar-refractivity contribution in [1.82, 2.24) is 16.0 Å². The number of amides is 3. The Labute approximate surface area is 123 Å². The van der Waals surface area contributed by atoms with Crippen LogP contribution in [0.5, 0.6) is 0 Å². The van der Waals surface area contributed by atoms with Crippen LogP contribution < -0.4 is 16.0 Å². The molecule has 0 aromatic heterocycles. The maximum atomic E-state index is 11.7. The molecule has 7 nitrogen and oxygen atoms in total. The van der Waals surface area contributed by atoms with E-state index >= 15 is 0 Å². The Morgan fingerprint density at radius 2 is 1.67 bits per heavy atom. The molecule has 0 aliphatic heterocycles. The Kier molecular flexibility index (Phi) is 7.34. The highest BCUT2D eigenvalue weighted by Crippen LogP contribution is 1.96. The third-order valence-electron chi connectivity index (χ3n) is 2.44. The second-order valence-electron chi connectivity index (χ2n) is 4.05. The summed E-state index contributed by atoms with van der Waals surface area (Å²) < 4.78 is 4.66. The summed E-state index contributed by atoms with van der Waals surface area (Å²) in [7, 11) is 0. The van der Waals surface area contributed by atoms with Crippen molar-refractivity contribution in [3.8, 4) is 0 Å². The van der Waals surface area contributed by atoms with Crippen LogP contribution in [0.1, 0.15) is 17.3 Å². The molecule has 0 heterocycles. The lowest BCUT2D eigenvalue weighted by atomic mass is 10.2. The molecule has 0 fully saturated rings. The van der Waals surface area contributed by atoms with Crippen LogP contribution >= 0.6 is 0 Å². The minimum Gasteiger partial charge on any atom is -0.450 e. The van der Waals surface area contributed by atoms with Crippen molar-refractivity contribution in [2.24, 2.45) is 0 Å². The number of hydrogen-bond donors (Lipinski definition) is 3. The Hall–Kier alpha value is -2.57. The van der Waals surface area contributed by atoms with Crippen LogP contribution in [-0.2, 0) is 9.53 Å². The summed E-state index contributed by atoms with van der Waals surface area (Å²) in [5.41, 5.74) is 0.495. The maximum absolute atomic E-state index is 11.7. The summed E-state index contributed by atoms with van der Waals surface area (Å²) in [4.78, 5) is 34.1. The Bertz CT molecular complexity index is 476. The number of carbonyl (C=O) groups excluding carboxylic acids is 3. The lowest BCUT2D eigenvalue weighted by Gasteiger charge is -2.08. The van der Waals surface area contributed by atoms with Crippen LogP contribution in [-0.4, -0.2) is 44.1 Å². The summed E-state index contributed by atoms with van der Waals surface area (Å²) in [6, 6.07) is 8.62. The molecule has 7 heteroatoms. The quantitative estimate of drug-likeness (QED) is 0.629. The van der Waals surface area contributed by atoms with Gasteiger partial charge in [0.1, 0.15) is 0 Å². The molecule has 1 aromatic rings. The molecule has 0 aliphatic carbocycles. The topological polar surface area (TPSA) is 96.5 Å². The molecule has 0 unspecified atom stereocenters. The molecular formula is C14H19N3O4. The molecule has 0 saturated carbocycles. The van der Waals surface area contributed by atoms with Crippen molar-refractivity contribution in [2.75, 3.05) is 26.2 Å².